The third-order valence-corrected chi connectivity index (χ3v) is 6.56. The van der Waals surface area contributed by atoms with Gasteiger partial charge in [0.05, 0.1) is 22.8 Å². The van der Waals surface area contributed by atoms with Crippen LogP contribution in [0.5, 0.6) is 0 Å². The Kier molecular flexibility index (Phi) is 5.19. The van der Waals surface area contributed by atoms with Gasteiger partial charge in [-0.25, -0.2) is 20.2 Å². The molecule has 5 heterocycles. The molecule has 1 amide bonds. The van der Waals surface area contributed by atoms with Crippen molar-refractivity contribution in [3.8, 4) is 5.82 Å². The Hall–Kier alpha value is -3.22. The highest BCUT2D eigenvalue weighted by molar-refractivity contribution is 5.94. The van der Waals surface area contributed by atoms with E-state index in [0.29, 0.717) is 61.7 Å². The number of hydrogen-bond donors (Lipinski definition) is 2. The number of β-amino-alcohol motifs (C(OH)–C–C–N with tert-alkyl or cyclic N) is 1. The molecule has 1 spiro atoms. The van der Waals surface area contributed by atoms with E-state index in [4.69, 9.17) is 4.74 Å². The number of carbonyl (C=O) groups is 2. The lowest BCUT2D eigenvalue weighted by molar-refractivity contribution is -0.139. The SMILES string of the molecule is CC1=C(N2NCC3(CCN(C[C@H](O)c4ccc(-n5cnnn5)nc4)CC3)C2=O)COC1=O. The van der Waals surface area contributed by atoms with Crippen LogP contribution < -0.4 is 5.43 Å². The number of aliphatic hydroxyl groups excluding tert-OH is 1. The summed E-state index contributed by atoms with van der Waals surface area (Å²) >= 11 is 0. The standard InChI is InChI=1S/C20H24N8O4/c1-13-15(10-32-18(13)30)28-19(31)20(11-23-28)4-6-26(7-5-20)9-16(29)14-2-3-17(21-8-14)27-12-22-24-25-27/h2-3,8,12,16,23,29H,4-7,9-11H2,1H3/t16-/m0/s1. The number of nitrogens with zero attached hydrogens (tertiary/aromatic N) is 7. The minimum Gasteiger partial charge on any atom is -0.456 e. The van der Waals surface area contributed by atoms with Crippen molar-refractivity contribution in [1.29, 1.82) is 0 Å². The van der Waals surface area contributed by atoms with Crippen LogP contribution in [0.3, 0.4) is 0 Å². The number of carbonyl (C=O) groups excluding carboxylic acids is 2. The minimum absolute atomic E-state index is 0.00672. The van der Waals surface area contributed by atoms with Crippen LogP contribution >= 0.6 is 0 Å². The summed E-state index contributed by atoms with van der Waals surface area (Å²) in [5.41, 5.74) is 4.46. The van der Waals surface area contributed by atoms with Gasteiger partial charge >= 0.3 is 5.97 Å². The Morgan fingerprint density at radius 1 is 1.28 bits per heavy atom. The molecule has 5 rings (SSSR count). The Bertz CT molecular complexity index is 1040. The molecule has 0 bridgehead atoms. The number of pyridine rings is 1. The quantitative estimate of drug-likeness (QED) is 0.577. The fourth-order valence-corrected chi connectivity index (χ4v) is 4.43. The van der Waals surface area contributed by atoms with Gasteiger partial charge in [-0.1, -0.05) is 6.07 Å². The van der Waals surface area contributed by atoms with Crippen LogP contribution in [0.25, 0.3) is 5.82 Å². The van der Waals surface area contributed by atoms with Gasteiger partial charge in [-0.2, -0.15) is 4.68 Å². The monoisotopic (exact) mass is 440 g/mol. The number of aromatic nitrogens is 5. The second-order valence-corrected chi connectivity index (χ2v) is 8.42. The van der Waals surface area contributed by atoms with Crippen LogP contribution in [0.1, 0.15) is 31.4 Å². The maximum absolute atomic E-state index is 13.2. The number of piperidine rings is 1. The first-order chi connectivity index (χ1) is 15.5. The highest BCUT2D eigenvalue weighted by Gasteiger charge is 2.50. The van der Waals surface area contributed by atoms with E-state index in [1.165, 1.54) is 16.0 Å². The molecule has 0 radical (unpaired) electrons. The van der Waals surface area contributed by atoms with Crippen LogP contribution in [0.4, 0.5) is 0 Å². The van der Waals surface area contributed by atoms with E-state index in [-0.39, 0.29) is 18.5 Å². The Balaban J connectivity index is 1.18. The van der Waals surface area contributed by atoms with Gasteiger partial charge < -0.3 is 14.7 Å². The number of aliphatic hydroxyl groups is 1. The van der Waals surface area contributed by atoms with Crippen molar-refractivity contribution in [3.05, 3.63) is 41.5 Å². The molecule has 0 saturated carbocycles. The number of hydrogen-bond acceptors (Lipinski definition) is 10. The molecular weight excluding hydrogens is 416 g/mol. The number of amides is 1. The minimum atomic E-state index is -0.692. The maximum atomic E-state index is 13.2. The van der Waals surface area contributed by atoms with E-state index >= 15 is 0 Å². The van der Waals surface area contributed by atoms with E-state index in [9.17, 15) is 14.7 Å². The predicted molar refractivity (Wildman–Crippen MR) is 109 cm³/mol. The molecule has 3 aliphatic heterocycles. The Labute approximate surface area is 183 Å². The molecule has 2 aromatic heterocycles. The smallest absolute Gasteiger partial charge is 0.336 e. The summed E-state index contributed by atoms with van der Waals surface area (Å²) in [7, 11) is 0. The number of likely N-dealkylation sites (tertiary alicyclic amines) is 1. The van der Waals surface area contributed by atoms with Gasteiger partial charge in [0.1, 0.15) is 12.9 Å². The van der Waals surface area contributed by atoms with E-state index in [1.54, 1.807) is 19.2 Å². The third kappa shape index (κ3) is 3.55. The van der Waals surface area contributed by atoms with Crippen molar-refractivity contribution >= 4 is 11.9 Å². The van der Waals surface area contributed by atoms with Gasteiger partial charge in [0.25, 0.3) is 0 Å². The Morgan fingerprint density at radius 2 is 2.09 bits per heavy atom. The zero-order valence-electron chi connectivity index (χ0n) is 17.6. The topological polar surface area (TPSA) is 139 Å². The lowest BCUT2D eigenvalue weighted by Crippen LogP contribution is -2.46. The molecule has 32 heavy (non-hydrogen) atoms. The average Bonchev–Trinajstić information content (AvgIpc) is 3.53. The molecule has 0 aromatic carbocycles. The predicted octanol–water partition coefficient (Wildman–Crippen LogP) is -0.649. The lowest BCUT2D eigenvalue weighted by atomic mass is 9.78. The summed E-state index contributed by atoms with van der Waals surface area (Å²) in [6.07, 6.45) is 3.75. The van der Waals surface area contributed by atoms with Gasteiger partial charge in [-0.15, -0.1) is 5.10 Å². The summed E-state index contributed by atoms with van der Waals surface area (Å²) in [6.45, 7) is 4.19. The lowest BCUT2D eigenvalue weighted by Gasteiger charge is -2.38. The number of rotatable bonds is 5. The van der Waals surface area contributed by atoms with Crippen molar-refractivity contribution in [1.82, 2.24) is 40.5 Å². The average molecular weight is 440 g/mol. The summed E-state index contributed by atoms with van der Waals surface area (Å²) in [5.74, 6) is 0.190. The molecule has 12 nitrogen and oxygen atoms in total. The van der Waals surface area contributed by atoms with Crippen LogP contribution in [-0.2, 0) is 14.3 Å². The first kappa shape index (κ1) is 20.7. The molecule has 2 saturated heterocycles. The first-order valence-electron chi connectivity index (χ1n) is 10.5. The fraction of sp³-hybridized carbons (Fsp3) is 0.500. The summed E-state index contributed by atoms with van der Waals surface area (Å²) in [5, 5.41) is 23.1. The molecule has 2 aromatic rings. The number of esters is 1. The summed E-state index contributed by atoms with van der Waals surface area (Å²) in [4.78, 5) is 31.3. The highest BCUT2D eigenvalue weighted by Crippen LogP contribution is 2.38. The van der Waals surface area contributed by atoms with E-state index in [0.717, 1.165) is 0 Å². The van der Waals surface area contributed by atoms with Crippen molar-refractivity contribution in [2.24, 2.45) is 5.41 Å². The molecule has 2 fully saturated rings. The third-order valence-electron chi connectivity index (χ3n) is 6.56. The van der Waals surface area contributed by atoms with Crippen molar-refractivity contribution < 1.29 is 19.4 Å². The fourth-order valence-electron chi connectivity index (χ4n) is 4.43. The normalized spacial score (nSPS) is 22.1. The molecule has 168 valence electrons. The van der Waals surface area contributed by atoms with Crippen molar-refractivity contribution in [2.45, 2.75) is 25.9 Å². The van der Waals surface area contributed by atoms with Gasteiger partial charge in [-0.3, -0.25) is 4.79 Å². The van der Waals surface area contributed by atoms with Crippen LogP contribution in [-0.4, -0.2) is 84.9 Å². The maximum Gasteiger partial charge on any atom is 0.336 e. The van der Waals surface area contributed by atoms with Gasteiger partial charge in [-0.05, 0) is 49.3 Å². The number of cyclic esters (lactones) is 1. The van der Waals surface area contributed by atoms with Crippen molar-refractivity contribution in [3.63, 3.8) is 0 Å². The second kappa shape index (κ2) is 8.04. The largest absolute Gasteiger partial charge is 0.456 e. The molecule has 12 heteroatoms. The van der Waals surface area contributed by atoms with Gasteiger partial charge in [0, 0.05) is 24.8 Å². The second-order valence-electron chi connectivity index (χ2n) is 8.42. The first-order valence-corrected chi connectivity index (χ1v) is 10.5. The molecule has 0 unspecified atom stereocenters. The molecule has 3 aliphatic rings. The number of ether oxygens (including phenoxy) is 1. The van der Waals surface area contributed by atoms with E-state index in [2.05, 4.69) is 30.8 Å². The zero-order valence-corrected chi connectivity index (χ0v) is 17.6. The van der Waals surface area contributed by atoms with E-state index in [1.807, 2.05) is 6.07 Å². The number of nitrogens with one attached hydrogen (secondary N) is 1. The molecule has 0 aliphatic carbocycles. The number of tetrazole rings is 1. The number of hydrazine groups is 1. The van der Waals surface area contributed by atoms with Crippen LogP contribution in [0.2, 0.25) is 0 Å². The van der Waals surface area contributed by atoms with Crippen LogP contribution in [0.15, 0.2) is 35.9 Å². The highest BCUT2D eigenvalue weighted by atomic mass is 16.5. The molecule has 2 N–H and O–H groups in total. The summed E-state index contributed by atoms with van der Waals surface area (Å²) in [6, 6.07) is 3.56. The zero-order chi connectivity index (χ0) is 22.3. The van der Waals surface area contributed by atoms with Gasteiger partial charge in [0.15, 0.2) is 5.82 Å². The molecule has 1 atom stereocenters. The van der Waals surface area contributed by atoms with E-state index < -0.39 is 11.5 Å². The van der Waals surface area contributed by atoms with Gasteiger partial charge in [0.2, 0.25) is 5.91 Å². The van der Waals surface area contributed by atoms with Crippen molar-refractivity contribution in [2.75, 3.05) is 32.8 Å². The van der Waals surface area contributed by atoms with Crippen LogP contribution in [0, 0.1) is 5.41 Å². The Morgan fingerprint density at radius 3 is 2.72 bits per heavy atom. The summed E-state index contributed by atoms with van der Waals surface area (Å²) < 4.78 is 6.49. The molecular formula is C20H24N8O4.